The quantitative estimate of drug-likeness (QED) is 0.569. The molecule has 0 saturated carbocycles. The minimum absolute atomic E-state index is 0.0216. The van der Waals surface area contributed by atoms with Crippen LogP contribution < -0.4 is 14.3 Å². The highest BCUT2D eigenvalue weighted by molar-refractivity contribution is 7.16. The Balaban J connectivity index is 1.73. The van der Waals surface area contributed by atoms with Gasteiger partial charge in [0.15, 0.2) is 16.3 Å². The third-order valence-electron chi connectivity index (χ3n) is 4.61. The highest BCUT2D eigenvalue weighted by Crippen LogP contribution is 2.31. The number of aromatic nitrogens is 1. The Morgan fingerprint density at radius 3 is 2.65 bits per heavy atom. The molecular weight excluding hydrogens is 424 g/mol. The van der Waals surface area contributed by atoms with Gasteiger partial charge in [-0.2, -0.15) is 4.99 Å². The number of hydrogen-bond acceptors (Lipinski definition) is 8. The maximum atomic E-state index is 12.8. The number of ether oxygens (including phenoxy) is 4. The minimum Gasteiger partial charge on any atom is -0.485 e. The highest BCUT2D eigenvalue weighted by Gasteiger charge is 2.27. The van der Waals surface area contributed by atoms with Gasteiger partial charge in [-0.05, 0) is 30.3 Å². The van der Waals surface area contributed by atoms with Gasteiger partial charge in [0, 0.05) is 0 Å². The number of benzene rings is 2. The van der Waals surface area contributed by atoms with E-state index < -0.39 is 23.9 Å². The van der Waals surface area contributed by atoms with E-state index in [2.05, 4.69) is 4.99 Å². The largest absolute Gasteiger partial charge is 0.485 e. The van der Waals surface area contributed by atoms with Crippen molar-refractivity contribution in [1.82, 2.24) is 4.57 Å². The number of fused-ring (bicyclic) bond motifs is 2. The number of carbonyl (C=O) groups excluding carboxylic acids is 3. The van der Waals surface area contributed by atoms with E-state index in [1.807, 2.05) is 6.07 Å². The summed E-state index contributed by atoms with van der Waals surface area (Å²) < 4.78 is 23.0. The molecule has 0 radical (unpaired) electrons. The lowest BCUT2D eigenvalue weighted by Crippen LogP contribution is -2.37. The molecule has 1 aromatic heterocycles. The summed E-state index contributed by atoms with van der Waals surface area (Å²) in [5.74, 6) is -0.520. The van der Waals surface area contributed by atoms with E-state index in [4.69, 9.17) is 18.9 Å². The van der Waals surface area contributed by atoms with Crippen molar-refractivity contribution < 1.29 is 33.3 Å². The smallest absolute Gasteiger partial charge is 0.337 e. The molecule has 31 heavy (non-hydrogen) atoms. The standard InChI is InChI=1S/C21H18N2O7S/c1-27-18(24)10-23-13-8-7-12(20(26)28-2)9-17(13)31-21(23)22-19(25)16-11-29-14-5-3-4-6-15(14)30-16/h3-9,16H,10-11H2,1-2H3. The third-order valence-corrected chi connectivity index (χ3v) is 5.65. The van der Waals surface area contributed by atoms with Crippen LogP contribution >= 0.6 is 11.3 Å². The fourth-order valence-corrected chi connectivity index (χ4v) is 4.13. The lowest BCUT2D eigenvalue weighted by atomic mass is 10.2. The molecule has 1 aliphatic rings. The molecule has 0 aliphatic carbocycles. The van der Waals surface area contributed by atoms with Crippen molar-refractivity contribution in [2.75, 3.05) is 20.8 Å². The summed E-state index contributed by atoms with van der Waals surface area (Å²) in [7, 11) is 2.57. The summed E-state index contributed by atoms with van der Waals surface area (Å²) in [6.07, 6.45) is -0.919. The van der Waals surface area contributed by atoms with Crippen molar-refractivity contribution in [3.05, 3.63) is 52.8 Å². The fourth-order valence-electron chi connectivity index (χ4n) is 3.06. The van der Waals surface area contributed by atoms with Crippen LogP contribution in [-0.2, 0) is 25.6 Å². The summed E-state index contributed by atoms with van der Waals surface area (Å²) in [5.41, 5.74) is 0.973. The average molecular weight is 442 g/mol. The molecular formula is C21H18N2O7S. The van der Waals surface area contributed by atoms with Gasteiger partial charge in [0.1, 0.15) is 13.2 Å². The molecule has 160 valence electrons. The normalized spacial score (nSPS) is 15.5. The second-order valence-corrected chi connectivity index (χ2v) is 7.54. The van der Waals surface area contributed by atoms with Gasteiger partial charge in [-0.1, -0.05) is 23.5 Å². The van der Waals surface area contributed by atoms with Crippen molar-refractivity contribution in [3.8, 4) is 11.5 Å². The Morgan fingerprint density at radius 2 is 1.90 bits per heavy atom. The Morgan fingerprint density at radius 1 is 1.13 bits per heavy atom. The van der Waals surface area contributed by atoms with Gasteiger partial charge in [0.05, 0.1) is 30.0 Å². The molecule has 3 aromatic rings. The first-order valence-corrected chi connectivity index (χ1v) is 10.1. The molecule has 0 fully saturated rings. The summed E-state index contributed by atoms with van der Waals surface area (Å²) in [6, 6.07) is 11.9. The molecule has 0 spiro atoms. The number of nitrogens with zero attached hydrogens (tertiary/aromatic N) is 2. The zero-order valence-electron chi connectivity index (χ0n) is 16.7. The van der Waals surface area contributed by atoms with Crippen LogP contribution in [0.25, 0.3) is 10.2 Å². The third kappa shape index (κ3) is 4.15. The minimum atomic E-state index is -0.919. The number of esters is 2. The fraction of sp³-hybridized carbons (Fsp3) is 0.238. The van der Waals surface area contributed by atoms with Gasteiger partial charge in [0.25, 0.3) is 5.91 Å². The van der Waals surface area contributed by atoms with Crippen LogP contribution in [0.1, 0.15) is 10.4 Å². The number of methoxy groups -OCH3 is 2. The molecule has 0 bridgehead atoms. The van der Waals surface area contributed by atoms with Crippen LogP contribution in [0.2, 0.25) is 0 Å². The van der Waals surface area contributed by atoms with E-state index in [1.54, 1.807) is 41.0 Å². The maximum Gasteiger partial charge on any atom is 0.337 e. The van der Waals surface area contributed by atoms with Gasteiger partial charge in [-0.25, -0.2) is 4.79 Å². The van der Waals surface area contributed by atoms with Crippen LogP contribution in [-0.4, -0.2) is 49.3 Å². The number of carbonyl (C=O) groups is 3. The van der Waals surface area contributed by atoms with E-state index in [0.717, 1.165) is 11.3 Å². The molecule has 10 heteroatoms. The van der Waals surface area contributed by atoms with Gasteiger partial charge < -0.3 is 23.5 Å². The maximum absolute atomic E-state index is 12.8. The van der Waals surface area contributed by atoms with Crippen LogP contribution in [0.3, 0.4) is 0 Å². The molecule has 1 amide bonds. The summed E-state index contributed by atoms with van der Waals surface area (Å²) in [4.78, 5) is 41.1. The molecule has 0 N–H and O–H groups in total. The Hall–Kier alpha value is -3.66. The molecule has 0 saturated heterocycles. The summed E-state index contributed by atoms with van der Waals surface area (Å²) in [6.45, 7) is -0.126. The second-order valence-electron chi connectivity index (χ2n) is 6.54. The average Bonchev–Trinajstić information content (AvgIpc) is 3.13. The number of para-hydroxylation sites is 2. The topological polar surface area (TPSA) is 105 Å². The van der Waals surface area contributed by atoms with Crippen molar-refractivity contribution in [3.63, 3.8) is 0 Å². The predicted molar refractivity (Wildman–Crippen MR) is 110 cm³/mol. The first-order valence-electron chi connectivity index (χ1n) is 9.25. The van der Waals surface area contributed by atoms with Crippen molar-refractivity contribution >= 4 is 39.4 Å². The zero-order valence-corrected chi connectivity index (χ0v) is 17.5. The second kappa shape index (κ2) is 8.60. The number of hydrogen-bond donors (Lipinski definition) is 0. The first kappa shape index (κ1) is 20.6. The number of thiazole rings is 1. The van der Waals surface area contributed by atoms with Gasteiger partial charge >= 0.3 is 11.9 Å². The van der Waals surface area contributed by atoms with E-state index in [9.17, 15) is 14.4 Å². The molecule has 4 rings (SSSR count). The summed E-state index contributed by atoms with van der Waals surface area (Å²) >= 11 is 1.16. The molecule has 9 nitrogen and oxygen atoms in total. The molecule has 2 heterocycles. The first-order chi connectivity index (χ1) is 15.0. The molecule has 1 atom stereocenters. The zero-order chi connectivity index (χ0) is 22.0. The SMILES string of the molecule is COC(=O)Cn1c(=NC(=O)C2COc3ccccc3O2)sc2cc(C(=O)OC)ccc21. The van der Waals surface area contributed by atoms with Crippen molar-refractivity contribution in [2.24, 2.45) is 4.99 Å². The monoisotopic (exact) mass is 442 g/mol. The molecule has 2 aromatic carbocycles. The van der Waals surface area contributed by atoms with Gasteiger partial charge in [0.2, 0.25) is 6.10 Å². The van der Waals surface area contributed by atoms with Gasteiger partial charge in [-0.15, -0.1) is 0 Å². The summed E-state index contributed by atoms with van der Waals surface area (Å²) in [5, 5.41) is 0. The van der Waals surface area contributed by atoms with Crippen LogP contribution in [0.15, 0.2) is 47.5 Å². The predicted octanol–water partition coefficient (Wildman–Crippen LogP) is 1.93. The number of amides is 1. The van der Waals surface area contributed by atoms with E-state index in [1.165, 1.54) is 14.2 Å². The van der Waals surface area contributed by atoms with Gasteiger partial charge in [-0.3, -0.25) is 9.59 Å². The van der Waals surface area contributed by atoms with E-state index >= 15 is 0 Å². The lowest BCUT2D eigenvalue weighted by Gasteiger charge is -2.23. The number of rotatable bonds is 4. The Bertz CT molecular complexity index is 1240. The Kier molecular flexibility index (Phi) is 5.72. The molecule has 1 unspecified atom stereocenters. The Labute approximate surface area is 180 Å². The highest BCUT2D eigenvalue weighted by atomic mass is 32.1. The van der Waals surface area contributed by atoms with E-state index in [0.29, 0.717) is 27.3 Å². The van der Waals surface area contributed by atoms with Crippen molar-refractivity contribution in [1.29, 1.82) is 0 Å². The van der Waals surface area contributed by atoms with Crippen LogP contribution in [0, 0.1) is 0 Å². The lowest BCUT2D eigenvalue weighted by molar-refractivity contribution is -0.141. The van der Waals surface area contributed by atoms with Crippen molar-refractivity contribution in [2.45, 2.75) is 12.6 Å². The molecule has 1 aliphatic heterocycles. The van der Waals surface area contributed by atoms with E-state index in [-0.39, 0.29) is 18.0 Å². The van der Waals surface area contributed by atoms with Crippen LogP contribution in [0.4, 0.5) is 0 Å². The van der Waals surface area contributed by atoms with Crippen LogP contribution in [0.5, 0.6) is 11.5 Å².